The molecule has 0 spiro atoms. The molecule has 6 nitrogen and oxygen atoms in total. The minimum Gasteiger partial charge on any atom is -0.320 e. The van der Waals surface area contributed by atoms with Crippen molar-refractivity contribution in [2.24, 2.45) is 0 Å². The van der Waals surface area contributed by atoms with Gasteiger partial charge >= 0.3 is 12.4 Å². The number of amides is 1. The highest BCUT2D eigenvalue weighted by atomic mass is 32.1. The minimum absolute atomic E-state index is 0.0306. The van der Waals surface area contributed by atoms with E-state index in [4.69, 9.17) is 0 Å². The van der Waals surface area contributed by atoms with E-state index >= 15 is 0 Å². The summed E-state index contributed by atoms with van der Waals surface area (Å²) in [6.45, 7) is -0.587. The van der Waals surface area contributed by atoms with Crippen molar-refractivity contribution < 1.29 is 35.9 Å². The van der Waals surface area contributed by atoms with Crippen LogP contribution in [0, 0.1) is 0 Å². The summed E-state index contributed by atoms with van der Waals surface area (Å²) >= 11 is 1.20. The minimum atomic E-state index is -5.03. The first-order chi connectivity index (χ1) is 15.3. The number of aromatic nitrogens is 2. The third kappa shape index (κ3) is 6.28. The van der Waals surface area contributed by atoms with Gasteiger partial charge in [-0.05, 0) is 29.8 Å². The number of halogens is 6. The Morgan fingerprint density at radius 1 is 1.00 bits per heavy atom. The average Bonchev–Trinajstić information content (AvgIpc) is 3.23. The van der Waals surface area contributed by atoms with Gasteiger partial charge in [-0.25, -0.2) is 4.98 Å². The largest absolute Gasteiger partial charge is 0.416 e. The van der Waals surface area contributed by atoms with Crippen LogP contribution in [0.25, 0.3) is 0 Å². The van der Waals surface area contributed by atoms with Crippen LogP contribution in [0.3, 0.4) is 0 Å². The fourth-order valence-corrected chi connectivity index (χ4v) is 3.36. The van der Waals surface area contributed by atoms with E-state index in [-0.39, 0.29) is 17.4 Å². The number of rotatable bonds is 6. The van der Waals surface area contributed by atoms with Gasteiger partial charge in [0.1, 0.15) is 5.69 Å². The van der Waals surface area contributed by atoms with E-state index in [1.807, 2.05) is 0 Å². The van der Waals surface area contributed by atoms with Crippen molar-refractivity contribution in [1.29, 1.82) is 0 Å². The normalized spacial score (nSPS) is 11.9. The van der Waals surface area contributed by atoms with E-state index in [1.165, 1.54) is 34.5 Å². The second-order valence-electron chi connectivity index (χ2n) is 6.84. The highest BCUT2D eigenvalue weighted by Gasteiger charge is 2.37. The number of hydrogen-bond acceptors (Lipinski definition) is 5. The molecule has 0 radical (unpaired) electrons. The molecule has 1 amide bonds. The van der Waals surface area contributed by atoms with Crippen molar-refractivity contribution in [3.8, 4) is 0 Å². The third-order valence-corrected chi connectivity index (χ3v) is 4.90. The molecule has 2 heterocycles. The number of pyridine rings is 1. The summed E-state index contributed by atoms with van der Waals surface area (Å²) in [7, 11) is 0. The number of thiazole rings is 1. The number of anilines is 1. The Morgan fingerprint density at radius 3 is 2.15 bits per heavy atom. The van der Waals surface area contributed by atoms with Gasteiger partial charge in [-0.2, -0.15) is 26.3 Å². The van der Waals surface area contributed by atoms with Crippen molar-refractivity contribution >= 4 is 28.7 Å². The zero-order valence-electron chi connectivity index (χ0n) is 16.3. The lowest BCUT2D eigenvalue weighted by Crippen LogP contribution is -2.25. The first kappa shape index (κ1) is 24.2. The molecule has 0 saturated heterocycles. The molecule has 3 aromatic rings. The molecule has 0 unspecified atom stereocenters. The van der Waals surface area contributed by atoms with Gasteiger partial charge in [0.2, 0.25) is 0 Å². The molecular formula is C20H13F6N3O3S. The van der Waals surface area contributed by atoms with Crippen molar-refractivity contribution in [3.63, 3.8) is 0 Å². The maximum absolute atomic E-state index is 13.0. The molecule has 0 fully saturated rings. The summed E-state index contributed by atoms with van der Waals surface area (Å²) in [5, 5.41) is 3.93. The molecular weight excluding hydrogens is 476 g/mol. The average molecular weight is 489 g/mol. The Kier molecular flexibility index (Phi) is 6.72. The molecule has 1 aromatic carbocycles. The number of benzene rings is 1. The van der Waals surface area contributed by atoms with Gasteiger partial charge in [0.05, 0.1) is 23.2 Å². The van der Waals surface area contributed by atoms with E-state index in [0.29, 0.717) is 12.1 Å². The van der Waals surface area contributed by atoms with E-state index < -0.39 is 59.3 Å². The smallest absolute Gasteiger partial charge is 0.320 e. The summed E-state index contributed by atoms with van der Waals surface area (Å²) in [6.07, 6.45) is -9.64. The summed E-state index contributed by atoms with van der Waals surface area (Å²) < 4.78 is 78.7. The van der Waals surface area contributed by atoms with Gasteiger partial charge in [0.15, 0.2) is 5.78 Å². The summed E-state index contributed by atoms with van der Waals surface area (Å²) in [5.74, 6) is -1.35. The van der Waals surface area contributed by atoms with Gasteiger partial charge in [-0.1, -0.05) is 0 Å². The second kappa shape index (κ2) is 9.17. The number of nitrogens with one attached hydrogen (secondary N) is 1. The fraction of sp³-hybridized carbons (Fsp3) is 0.200. The van der Waals surface area contributed by atoms with Gasteiger partial charge in [-0.15, -0.1) is 11.3 Å². The van der Waals surface area contributed by atoms with E-state index in [0.717, 1.165) is 10.6 Å². The molecule has 0 aliphatic rings. The Morgan fingerprint density at radius 2 is 1.64 bits per heavy atom. The van der Waals surface area contributed by atoms with E-state index in [2.05, 4.69) is 10.3 Å². The standard InChI is InChI=1S/C20H13F6N3O3S/c21-19(22,23)12-3-11(4-13(6-12)20(24,25)26)5-15(30)8-29-2-1-14(7-17(29)31)28-18(32)16-9-33-10-27-16/h1-4,6-7,9-10H,5,8H2,(H,28,32). The SMILES string of the molecule is O=C(Cc1cc(C(F)(F)F)cc(C(F)(F)F)c1)Cn1ccc(NC(=O)c2cscn2)cc1=O. The van der Waals surface area contributed by atoms with Gasteiger partial charge in [0.25, 0.3) is 11.5 Å². The Balaban J connectivity index is 1.74. The topological polar surface area (TPSA) is 81.1 Å². The maximum atomic E-state index is 13.0. The van der Waals surface area contributed by atoms with E-state index in [1.54, 1.807) is 0 Å². The van der Waals surface area contributed by atoms with Crippen LogP contribution in [0.4, 0.5) is 32.0 Å². The number of alkyl halides is 6. The predicted molar refractivity (Wildman–Crippen MR) is 106 cm³/mol. The number of hydrogen-bond donors (Lipinski definition) is 1. The molecule has 3 rings (SSSR count). The maximum Gasteiger partial charge on any atom is 0.416 e. The van der Waals surface area contributed by atoms with Crippen LogP contribution in [0.2, 0.25) is 0 Å². The molecule has 1 N–H and O–H groups in total. The lowest BCUT2D eigenvalue weighted by Gasteiger charge is -2.14. The molecule has 2 aromatic heterocycles. The number of carbonyl (C=O) groups is 2. The summed E-state index contributed by atoms with van der Waals surface area (Å²) in [5.41, 5.74) is -2.55. The summed E-state index contributed by atoms with van der Waals surface area (Å²) in [4.78, 5) is 40.3. The van der Waals surface area contributed by atoms with Gasteiger partial charge < -0.3 is 9.88 Å². The number of nitrogens with zero attached hydrogens (tertiary/aromatic N) is 2. The first-order valence-corrected chi connectivity index (χ1v) is 9.97. The van der Waals surface area contributed by atoms with Crippen LogP contribution in [0.1, 0.15) is 27.2 Å². The number of carbonyl (C=O) groups excluding carboxylic acids is 2. The molecule has 0 atom stereocenters. The van der Waals surface area contributed by atoms with Crippen molar-refractivity contribution in [3.05, 3.63) is 80.2 Å². The fourth-order valence-electron chi connectivity index (χ4n) is 2.83. The Bertz CT molecular complexity index is 1200. The zero-order chi connectivity index (χ0) is 24.4. The highest BCUT2D eigenvalue weighted by molar-refractivity contribution is 7.07. The molecule has 13 heteroatoms. The van der Waals surface area contributed by atoms with Crippen LogP contribution in [-0.2, 0) is 30.1 Å². The van der Waals surface area contributed by atoms with Crippen molar-refractivity contribution in [2.75, 3.05) is 5.32 Å². The van der Waals surface area contributed by atoms with Gasteiger partial charge in [0, 0.05) is 29.8 Å². The monoisotopic (exact) mass is 489 g/mol. The van der Waals surface area contributed by atoms with Crippen LogP contribution in [0.15, 0.2) is 52.2 Å². The quantitative estimate of drug-likeness (QED) is 0.521. The van der Waals surface area contributed by atoms with Crippen LogP contribution in [-0.4, -0.2) is 21.2 Å². The van der Waals surface area contributed by atoms with Crippen LogP contribution in [0.5, 0.6) is 0 Å². The van der Waals surface area contributed by atoms with E-state index in [9.17, 15) is 40.7 Å². The second-order valence-corrected chi connectivity index (χ2v) is 7.56. The highest BCUT2D eigenvalue weighted by Crippen LogP contribution is 2.36. The molecule has 0 aliphatic heterocycles. The third-order valence-electron chi connectivity index (χ3n) is 4.31. The Hall–Kier alpha value is -3.48. The number of ketones is 1. The van der Waals surface area contributed by atoms with Crippen LogP contribution < -0.4 is 10.9 Å². The molecule has 0 saturated carbocycles. The van der Waals surface area contributed by atoms with Crippen molar-refractivity contribution in [1.82, 2.24) is 9.55 Å². The van der Waals surface area contributed by atoms with Crippen LogP contribution >= 0.6 is 11.3 Å². The lowest BCUT2D eigenvalue weighted by atomic mass is 10.0. The molecule has 33 heavy (non-hydrogen) atoms. The summed E-state index contributed by atoms with van der Waals surface area (Å²) in [6, 6.07) is 3.23. The molecule has 0 bridgehead atoms. The zero-order valence-corrected chi connectivity index (χ0v) is 17.1. The molecule has 174 valence electrons. The first-order valence-electron chi connectivity index (χ1n) is 9.03. The molecule has 0 aliphatic carbocycles. The lowest BCUT2D eigenvalue weighted by molar-refractivity contribution is -0.143. The number of Topliss-reactive ketones (excluding diaryl/α,β-unsaturated/α-hetero) is 1. The van der Waals surface area contributed by atoms with Crippen molar-refractivity contribution in [2.45, 2.75) is 25.3 Å². The Labute approximate surface area is 185 Å². The van der Waals surface area contributed by atoms with Gasteiger partial charge in [-0.3, -0.25) is 14.4 Å². The predicted octanol–water partition coefficient (Wildman–Crippen LogP) is 4.41.